The first-order valence-electron chi connectivity index (χ1n) is 9.97. The standard InChI is InChI=1S/C22H24F3N5O2/c1-14-16(5-4-6-19(14)22(23,24)25)12-27-21-18-11-17(30(3)7-9-32-10-8-31)13-26-20(18)15(2)28-29-21/h4-6,8,11,13H,7,9-10,12H2,1-3H3,(H,27,29). The first kappa shape index (κ1) is 23.4. The third kappa shape index (κ3) is 5.31. The Morgan fingerprint density at radius 3 is 2.72 bits per heavy atom. The molecular weight excluding hydrogens is 423 g/mol. The van der Waals surface area contributed by atoms with Gasteiger partial charge in [0, 0.05) is 25.5 Å². The monoisotopic (exact) mass is 447 g/mol. The summed E-state index contributed by atoms with van der Waals surface area (Å²) in [7, 11) is 1.87. The second-order valence-electron chi connectivity index (χ2n) is 7.33. The van der Waals surface area contributed by atoms with E-state index in [0.29, 0.717) is 47.4 Å². The van der Waals surface area contributed by atoms with Crippen molar-refractivity contribution in [3.63, 3.8) is 0 Å². The summed E-state index contributed by atoms with van der Waals surface area (Å²) in [5.41, 5.74) is 2.13. The molecule has 0 amide bonds. The Kier molecular flexibility index (Phi) is 7.24. The lowest BCUT2D eigenvalue weighted by Crippen LogP contribution is -2.23. The van der Waals surface area contributed by atoms with Crippen LogP contribution >= 0.6 is 0 Å². The predicted octanol–water partition coefficient (Wildman–Crippen LogP) is 3.92. The van der Waals surface area contributed by atoms with E-state index in [0.717, 1.165) is 11.8 Å². The number of aromatic nitrogens is 3. The van der Waals surface area contributed by atoms with Gasteiger partial charge < -0.3 is 19.7 Å². The molecule has 32 heavy (non-hydrogen) atoms. The van der Waals surface area contributed by atoms with Gasteiger partial charge in [-0.05, 0) is 37.1 Å². The average molecular weight is 447 g/mol. The first-order valence-corrected chi connectivity index (χ1v) is 9.97. The highest BCUT2D eigenvalue weighted by Gasteiger charge is 2.32. The van der Waals surface area contributed by atoms with Crippen molar-refractivity contribution in [3.05, 3.63) is 52.8 Å². The highest BCUT2D eigenvalue weighted by molar-refractivity contribution is 5.92. The van der Waals surface area contributed by atoms with Gasteiger partial charge >= 0.3 is 6.18 Å². The molecule has 0 atom stereocenters. The van der Waals surface area contributed by atoms with Crippen LogP contribution in [0.1, 0.15) is 22.4 Å². The number of fused-ring (bicyclic) bond motifs is 1. The average Bonchev–Trinajstić information content (AvgIpc) is 2.76. The molecule has 1 N–H and O–H groups in total. The van der Waals surface area contributed by atoms with Gasteiger partial charge in [-0.2, -0.15) is 18.3 Å². The Morgan fingerprint density at radius 2 is 2.00 bits per heavy atom. The number of carbonyl (C=O) groups excluding carboxylic acids is 1. The summed E-state index contributed by atoms with van der Waals surface area (Å²) < 4.78 is 44.8. The number of nitrogens with one attached hydrogen (secondary N) is 1. The van der Waals surface area contributed by atoms with Gasteiger partial charge in [-0.15, -0.1) is 5.10 Å². The Morgan fingerprint density at radius 1 is 1.22 bits per heavy atom. The number of carbonyl (C=O) groups is 1. The predicted molar refractivity (Wildman–Crippen MR) is 116 cm³/mol. The lowest BCUT2D eigenvalue weighted by atomic mass is 10.0. The highest BCUT2D eigenvalue weighted by Crippen LogP contribution is 2.33. The second kappa shape index (κ2) is 9.90. The third-order valence-corrected chi connectivity index (χ3v) is 5.17. The Balaban J connectivity index is 1.86. The first-order chi connectivity index (χ1) is 15.2. The summed E-state index contributed by atoms with van der Waals surface area (Å²) in [4.78, 5) is 16.8. The van der Waals surface area contributed by atoms with Crippen molar-refractivity contribution in [1.82, 2.24) is 15.2 Å². The molecule has 0 spiro atoms. The molecule has 2 heterocycles. The molecular formula is C22H24F3N5O2. The Labute approximate surface area is 183 Å². The molecule has 0 unspecified atom stereocenters. The number of alkyl halides is 3. The van der Waals surface area contributed by atoms with Crippen LogP contribution in [-0.4, -0.2) is 48.3 Å². The molecule has 0 saturated carbocycles. The van der Waals surface area contributed by atoms with E-state index in [1.807, 2.05) is 18.0 Å². The zero-order valence-electron chi connectivity index (χ0n) is 18.0. The van der Waals surface area contributed by atoms with Crippen molar-refractivity contribution in [3.8, 4) is 0 Å². The van der Waals surface area contributed by atoms with E-state index < -0.39 is 11.7 Å². The van der Waals surface area contributed by atoms with Gasteiger partial charge in [-0.1, -0.05) is 12.1 Å². The number of hydrogen-bond acceptors (Lipinski definition) is 7. The third-order valence-electron chi connectivity index (χ3n) is 5.17. The molecule has 0 aliphatic heterocycles. The number of ether oxygens (including phenoxy) is 1. The molecule has 0 aliphatic carbocycles. The highest BCUT2D eigenvalue weighted by atomic mass is 19.4. The largest absolute Gasteiger partial charge is 0.416 e. The van der Waals surface area contributed by atoms with Crippen LogP contribution in [0.5, 0.6) is 0 Å². The number of likely N-dealkylation sites (N-methyl/N-ethyl adjacent to an activating group) is 1. The second-order valence-corrected chi connectivity index (χ2v) is 7.33. The maximum Gasteiger partial charge on any atom is 0.416 e. The van der Waals surface area contributed by atoms with Gasteiger partial charge in [0.1, 0.15) is 12.9 Å². The van der Waals surface area contributed by atoms with Crippen molar-refractivity contribution < 1.29 is 22.7 Å². The van der Waals surface area contributed by atoms with Crippen molar-refractivity contribution in [2.24, 2.45) is 0 Å². The van der Waals surface area contributed by atoms with E-state index in [1.54, 1.807) is 19.2 Å². The van der Waals surface area contributed by atoms with Crippen LogP contribution in [-0.2, 0) is 22.3 Å². The number of nitrogens with zero attached hydrogens (tertiary/aromatic N) is 4. The zero-order valence-corrected chi connectivity index (χ0v) is 18.0. The molecule has 10 heteroatoms. The summed E-state index contributed by atoms with van der Waals surface area (Å²) >= 11 is 0. The molecule has 0 bridgehead atoms. The Hall–Kier alpha value is -3.27. The molecule has 3 aromatic rings. The van der Waals surface area contributed by atoms with E-state index in [4.69, 9.17) is 4.74 Å². The number of benzene rings is 1. The SMILES string of the molecule is Cc1c(CNc2nnc(C)c3ncc(N(C)CCOCC=O)cc23)cccc1C(F)(F)F. The molecule has 0 aliphatic rings. The normalized spacial score (nSPS) is 11.6. The smallest absolute Gasteiger partial charge is 0.372 e. The van der Waals surface area contributed by atoms with Crippen molar-refractivity contribution in [2.75, 3.05) is 37.0 Å². The minimum Gasteiger partial charge on any atom is -0.372 e. The topological polar surface area (TPSA) is 80.2 Å². The molecule has 0 saturated heterocycles. The number of pyridine rings is 1. The van der Waals surface area contributed by atoms with Crippen LogP contribution < -0.4 is 10.2 Å². The molecule has 2 aromatic heterocycles. The number of hydrogen-bond donors (Lipinski definition) is 1. The summed E-state index contributed by atoms with van der Waals surface area (Å²) in [6, 6.07) is 6.01. The molecule has 0 fully saturated rings. The summed E-state index contributed by atoms with van der Waals surface area (Å²) in [6.07, 6.45) is -2.00. The molecule has 7 nitrogen and oxygen atoms in total. The lowest BCUT2D eigenvalue weighted by molar-refractivity contribution is -0.138. The maximum absolute atomic E-state index is 13.2. The van der Waals surface area contributed by atoms with Crippen LogP contribution in [0, 0.1) is 13.8 Å². The fourth-order valence-electron chi connectivity index (χ4n) is 3.31. The summed E-state index contributed by atoms with van der Waals surface area (Å²) in [5, 5.41) is 12.1. The van der Waals surface area contributed by atoms with Crippen LogP contribution in [0.4, 0.5) is 24.7 Å². The summed E-state index contributed by atoms with van der Waals surface area (Å²) in [5.74, 6) is 0.433. The number of anilines is 2. The summed E-state index contributed by atoms with van der Waals surface area (Å²) in [6.45, 7) is 4.37. The minimum atomic E-state index is -4.41. The van der Waals surface area contributed by atoms with Gasteiger partial charge in [-0.3, -0.25) is 4.98 Å². The number of halogens is 3. The Bertz CT molecular complexity index is 1100. The van der Waals surface area contributed by atoms with Gasteiger partial charge in [0.05, 0.1) is 35.3 Å². The van der Waals surface area contributed by atoms with Crippen LogP contribution in [0.3, 0.4) is 0 Å². The van der Waals surface area contributed by atoms with Crippen molar-refractivity contribution in [2.45, 2.75) is 26.6 Å². The fraction of sp³-hybridized carbons (Fsp3) is 0.364. The van der Waals surface area contributed by atoms with E-state index in [2.05, 4.69) is 20.5 Å². The zero-order chi connectivity index (χ0) is 23.3. The lowest BCUT2D eigenvalue weighted by Gasteiger charge is -2.20. The fourth-order valence-corrected chi connectivity index (χ4v) is 3.31. The maximum atomic E-state index is 13.2. The van der Waals surface area contributed by atoms with Gasteiger partial charge in [0.2, 0.25) is 0 Å². The molecule has 0 radical (unpaired) electrons. The van der Waals surface area contributed by atoms with E-state index in [-0.39, 0.29) is 18.7 Å². The number of rotatable bonds is 9. The van der Waals surface area contributed by atoms with Crippen LogP contribution in [0.15, 0.2) is 30.5 Å². The molecule has 170 valence electrons. The van der Waals surface area contributed by atoms with Crippen LogP contribution in [0.25, 0.3) is 10.9 Å². The van der Waals surface area contributed by atoms with Crippen molar-refractivity contribution in [1.29, 1.82) is 0 Å². The quantitative estimate of drug-likeness (QED) is 0.393. The van der Waals surface area contributed by atoms with Gasteiger partial charge in [0.25, 0.3) is 0 Å². The van der Waals surface area contributed by atoms with E-state index in [1.165, 1.54) is 13.0 Å². The molecule has 1 aromatic carbocycles. The van der Waals surface area contributed by atoms with E-state index in [9.17, 15) is 18.0 Å². The molecule has 3 rings (SSSR count). The van der Waals surface area contributed by atoms with Crippen molar-refractivity contribution >= 4 is 28.7 Å². The number of aldehydes is 1. The number of aryl methyl sites for hydroxylation is 1. The van der Waals surface area contributed by atoms with Gasteiger partial charge in [0.15, 0.2) is 5.82 Å². The van der Waals surface area contributed by atoms with E-state index >= 15 is 0 Å². The van der Waals surface area contributed by atoms with Gasteiger partial charge in [-0.25, -0.2) is 0 Å². The van der Waals surface area contributed by atoms with Crippen LogP contribution in [0.2, 0.25) is 0 Å². The minimum absolute atomic E-state index is 0.0433.